The molecule has 94 valence electrons. The molecule has 1 aromatic rings. The smallest absolute Gasteiger partial charge is 0.239 e. The first-order chi connectivity index (χ1) is 8.12. The van der Waals surface area contributed by atoms with Crippen LogP contribution in [0.4, 0.5) is 5.69 Å². The predicted molar refractivity (Wildman–Crippen MR) is 66.4 cm³/mol. The molecule has 1 unspecified atom stereocenters. The van der Waals surface area contributed by atoms with Crippen molar-refractivity contribution in [3.05, 3.63) is 18.2 Å². The van der Waals surface area contributed by atoms with Crippen molar-refractivity contribution in [3.63, 3.8) is 0 Å². The quantitative estimate of drug-likeness (QED) is 0.785. The summed E-state index contributed by atoms with van der Waals surface area (Å²) in [5, 5.41) is 3.04. The monoisotopic (exact) mass is 238 g/mol. The Labute approximate surface area is 101 Å². The molecule has 0 aromatic heterocycles. The molecular formula is C12H18N2O3. The van der Waals surface area contributed by atoms with E-state index in [2.05, 4.69) is 5.32 Å². The summed E-state index contributed by atoms with van der Waals surface area (Å²) in [6.45, 7) is 1.89. The first-order valence-electron chi connectivity index (χ1n) is 5.40. The van der Waals surface area contributed by atoms with Gasteiger partial charge in [-0.3, -0.25) is 4.79 Å². The summed E-state index contributed by atoms with van der Waals surface area (Å²) < 4.78 is 10.3. The van der Waals surface area contributed by atoms with Crippen LogP contribution in [0.2, 0.25) is 0 Å². The molecule has 0 heterocycles. The van der Waals surface area contributed by atoms with Crippen LogP contribution in [0.1, 0.15) is 13.3 Å². The van der Waals surface area contributed by atoms with Crippen LogP contribution in [0.15, 0.2) is 18.2 Å². The van der Waals surface area contributed by atoms with Crippen molar-refractivity contribution in [2.75, 3.05) is 19.5 Å². The van der Waals surface area contributed by atoms with Gasteiger partial charge < -0.3 is 20.5 Å². The van der Waals surface area contributed by atoms with Gasteiger partial charge in [0.1, 0.15) is 6.04 Å². The summed E-state index contributed by atoms with van der Waals surface area (Å²) in [5.41, 5.74) is 6.04. The number of benzene rings is 1. The molecule has 0 fully saturated rings. The lowest BCUT2D eigenvalue weighted by Gasteiger charge is -2.16. The highest BCUT2D eigenvalue weighted by molar-refractivity contribution is 5.83. The first-order valence-corrected chi connectivity index (χ1v) is 5.40. The van der Waals surface area contributed by atoms with E-state index in [9.17, 15) is 4.79 Å². The Morgan fingerprint density at radius 3 is 2.47 bits per heavy atom. The molecule has 0 radical (unpaired) electrons. The maximum absolute atomic E-state index is 11.1. The van der Waals surface area contributed by atoms with Gasteiger partial charge in [0.05, 0.1) is 14.2 Å². The summed E-state index contributed by atoms with van der Waals surface area (Å²) in [6, 6.07) is 4.97. The molecule has 0 saturated heterocycles. The fourth-order valence-corrected chi connectivity index (χ4v) is 1.50. The summed E-state index contributed by atoms with van der Waals surface area (Å²) in [7, 11) is 3.14. The van der Waals surface area contributed by atoms with Gasteiger partial charge in [-0.2, -0.15) is 0 Å². The number of carbonyl (C=O) groups excluding carboxylic acids is 1. The number of primary amides is 1. The van der Waals surface area contributed by atoms with Crippen LogP contribution in [0.3, 0.4) is 0 Å². The summed E-state index contributed by atoms with van der Waals surface area (Å²) in [6.07, 6.45) is 0.629. The molecule has 5 nitrogen and oxygen atoms in total. The average Bonchev–Trinajstić information content (AvgIpc) is 2.35. The Morgan fingerprint density at radius 1 is 1.35 bits per heavy atom. The van der Waals surface area contributed by atoms with Crippen molar-refractivity contribution in [1.82, 2.24) is 0 Å². The minimum absolute atomic E-state index is 0.373. The average molecular weight is 238 g/mol. The molecular weight excluding hydrogens is 220 g/mol. The van der Waals surface area contributed by atoms with Gasteiger partial charge in [-0.1, -0.05) is 6.92 Å². The van der Waals surface area contributed by atoms with E-state index in [-0.39, 0.29) is 11.9 Å². The second kappa shape index (κ2) is 5.98. The predicted octanol–water partition coefficient (Wildman–Crippen LogP) is 1.38. The maximum Gasteiger partial charge on any atom is 0.239 e. The number of rotatable bonds is 6. The Bertz CT molecular complexity index is 393. The molecule has 0 bridgehead atoms. The maximum atomic E-state index is 11.1. The third-order valence-corrected chi connectivity index (χ3v) is 2.48. The summed E-state index contributed by atoms with van der Waals surface area (Å²) in [5.74, 6) is 0.879. The third kappa shape index (κ3) is 3.27. The number of nitrogens with two attached hydrogens (primary N) is 1. The molecule has 0 saturated carbocycles. The number of amides is 1. The Kier molecular flexibility index (Phi) is 4.63. The van der Waals surface area contributed by atoms with Crippen LogP contribution in [0.25, 0.3) is 0 Å². The van der Waals surface area contributed by atoms with E-state index in [0.29, 0.717) is 17.9 Å². The summed E-state index contributed by atoms with van der Waals surface area (Å²) >= 11 is 0. The number of hydrogen-bond acceptors (Lipinski definition) is 4. The second-order valence-corrected chi connectivity index (χ2v) is 3.58. The van der Waals surface area contributed by atoms with Crippen LogP contribution in [0, 0.1) is 0 Å². The molecule has 1 amide bonds. The van der Waals surface area contributed by atoms with Crippen LogP contribution in [0.5, 0.6) is 11.5 Å². The fraction of sp³-hybridized carbons (Fsp3) is 0.417. The van der Waals surface area contributed by atoms with Gasteiger partial charge in [0, 0.05) is 11.8 Å². The molecule has 0 aliphatic rings. The van der Waals surface area contributed by atoms with E-state index in [0.717, 1.165) is 5.69 Å². The Morgan fingerprint density at radius 2 is 2.00 bits per heavy atom. The number of ether oxygens (including phenoxy) is 2. The summed E-state index contributed by atoms with van der Waals surface area (Å²) in [4.78, 5) is 11.1. The molecule has 3 N–H and O–H groups in total. The zero-order chi connectivity index (χ0) is 12.8. The van der Waals surface area contributed by atoms with Crippen molar-refractivity contribution in [2.24, 2.45) is 5.73 Å². The molecule has 0 spiro atoms. The number of anilines is 1. The van der Waals surface area contributed by atoms with Crippen molar-refractivity contribution in [3.8, 4) is 11.5 Å². The van der Waals surface area contributed by atoms with Gasteiger partial charge in [-0.15, -0.1) is 0 Å². The van der Waals surface area contributed by atoms with Gasteiger partial charge in [-0.05, 0) is 18.6 Å². The second-order valence-electron chi connectivity index (χ2n) is 3.58. The van der Waals surface area contributed by atoms with E-state index in [1.807, 2.05) is 13.0 Å². The van der Waals surface area contributed by atoms with Gasteiger partial charge >= 0.3 is 0 Å². The Hall–Kier alpha value is -1.91. The highest BCUT2D eigenvalue weighted by Crippen LogP contribution is 2.30. The molecule has 1 aromatic carbocycles. The van der Waals surface area contributed by atoms with Crippen molar-refractivity contribution >= 4 is 11.6 Å². The lowest BCUT2D eigenvalue weighted by Crippen LogP contribution is -2.34. The topological polar surface area (TPSA) is 73.6 Å². The zero-order valence-corrected chi connectivity index (χ0v) is 10.3. The molecule has 1 rings (SSSR count). The van der Waals surface area contributed by atoms with Gasteiger partial charge in [0.15, 0.2) is 11.5 Å². The molecule has 5 heteroatoms. The van der Waals surface area contributed by atoms with Gasteiger partial charge in [0.2, 0.25) is 5.91 Å². The molecule has 0 aliphatic heterocycles. The molecule has 1 atom stereocenters. The minimum atomic E-state index is -0.381. The van der Waals surface area contributed by atoms with Gasteiger partial charge in [-0.25, -0.2) is 0 Å². The largest absolute Gasteiger partial charge is 0.493 e. The van der Waals surface area contributed by atoms with Crippen LogP contribution in [-0.4, -0.2) is 26.2 Å². The number of methoxy groups -OCH3 is 2. The standard InChI is InChI=1S/C12H18N2O3/c1-4-9(12(13)15)14-8-5-6-10(16-2)11(7-8)17-3/h5-7,9,14H,4H2,1-3H3,(H2,13,15). The van der Waals surface area contributed by atoms with E-state index in [1.165, 1.54) is 0 Å². The normalized spacial score (nSPS) is 11.7. The fourth-order valence-electron chi connectivity index (χ4n) is 1.50. The lowest BCUT2D eigenvalue weighted by atomic mass is 10.2. The van der Waals surface area contributed by atoms with E-state index in [1.54, 1.807) is 26.4 Å². The van der Waals surface area contributed by atoms with E-state index in [4.69, 9.17) is 15.2 Å². The number of carbonyl (C=O) groups is 1. The zero-order valence-electron chi connectivity index (χ0n) is 10.3. The van der Waals surface area contributed by atoms with Crippen molar-refractivity contribution in [2.45, 2.75) is 19.4 Å². The Balaban J connectivity index is 2.88. The minimum Gasteiger partial charge on any atom is -0.493 e. The number of nitrogens with one attached hydrogen (secondary N) is 1. The molecule has 0 aliphatic carbocycles. The number of hydrogen-bond donors (Lipinski definition) is 2. The van der Waals surface area contributed by atoms with Crippen LogP contribution >= 0.6 is 0 Å². The highest BCUT2D eigenvalue weighted by Gasteiger charge is 2.13. The van der Waals surface area contributed by atoms with Crippen LogP contribution < -0.4 is 20.5 Å². The first kappa shape index (κ1) is 13.2. The molecule has 17 heavy (non-hydrogen) atoms. The van der Waals surface area contributed by atoms with Crippen LogP contribution in [-0.2, 0) is 4.79 Å². The van der Waals surface area contributed by atoms with Crippen molar-refractivity contribution < 1.29 is 14.3 Å². The van der Waals surface area contributed by atoms with E-state index < -0.39 is 0 Å². The van der Waals surface area contributed by atoms with Gasteiger partial charge in [0.25, 0.3) is 0 Å². The third-order valence-electron chi connectivity index (χ3n) is 2.48. The lowest BCUT2D eigenvalue weighted by molar-refractivity contribution is -0.118. The van der Waals surface area contributed by atoms with E-state index >= 15 is 0 Å². The highest BCUT2D eigenvalue weighted by atomic mass is 16.5. The van der Waals surface area contributed by atoms with Crippen molar-refractivity contribution in [1.29, 1.82) is 0 Å². The SMILES string of the molecule is CCC(Nc1ccc(OC)c(OC)c1)C(N)=O.